The number of ether oxygens (including phenoxy) is 3. The first-order chi connectivity index (χ1) is 9.06. The molecule has 0 amide bonds. The number of hydrogen-bond donors (Lipinski definition) is 0. The zero-order chi connectivity index (χ0) is 13.8. The lowest BCUT2D eigenvalue weighted by Crippen LogP contribution is -2.65. The fourth-order valence-corrected chi connectivity index (χ4v) is 3.57. The van der Waals surface area contributed by atoms with Gasteiger partial charge in [-0.3, -0.25) is 9.59 Å². The van der Waals surface area contributed by atoms with Gasteiger partial charge < -0.3 is 14.2 Å². The van der Waals surface area contributed by atoms with Crippen LogP contribution in [0.2, 0.25) is 0 Å². The molecule has 1 aliphatic heterocycles. The van der Waals surface area contributed by atoms with Gasteiger partial charge in [0.2, 0.25) is 5.79 Å². The Morgan fingerprint density at radius 2 is 2.05 bits per heavy atom. The van der Waals surface area contributed by atoms with Crippen molar-refractivity contribution < 1.29 is 23.8 Å². The third-order valence-electron chi connectivity index (χ3n) is 4.42. The second-order valence-electron chi connectivity index (χ2n) is 5.13. The zero-order valence-corrected chi connectivity index (χ0v) is 11.1. The Kier molecular flexibility index (Phi) is 2.66. The number of carbonyl (C=O) groups is 2. The van der Waals surface area contributed by atoms with Gasteiger partial charge >= 0.3 is 0 Å². The Morgan fingerprint density at radius 1 is 1.37 bits per heavy atom. The van der Waals surface area contributed by atoms with E-state index in [1.54, 1.807) is 12.3 Å². The minimum atomic E-state index is -1.41. The van der Waals surface area contributed by atoms with E-state index in [9.17, 15) is 9.59 Å². The quantitative estimate of drug-likeness (QED) is 0.707. The first-order valence-corrected chi connectivity index (χ1v) is 6.26. The Hall–Kier alpha value is -1.46. The highest BCUT2D eigenvalue weighted by Gasteiger charge is 2.66. The van der Waals surface area contributed by atoms with E-state index in [-0.39, 0.29) is 23.6 Å². The van der Waals surface area contributed by atoms with E-state index in [0.717, 1.165) is 0 Å². The number of ketones is 2. The maximum absolute atomic E-state index is 12.6. The Bertz CT molecular complexity index is 500. The molecule has 0 N–H and O–H groups in total. The van der Waals surface area contributed by atoms with Crippen LogP contribution in [0.3, 0.4) is 0 Å². The maximum Gasteiger partial charge on any atom is 0.239 e. The van der Waals surface area contributed by atoms with Crippen LogP contribution in [0.4, 0.5) is 0 Å². The fourth-order valence-electron chi connectivity index (χ4n) is 3.57. The predicted octanol–water partition coefficient (Wildman–Crippen LogP) is 0.848. The normalized spacial score (nSPS) is 37.8. The highest BCUT2D eigenvalue weighted by atomic mass is 16.7. The maximum atomic E-state index is 12.6. The standard InChI is InChI=1S/C14H16O5/c1-7(15)9-6-10-8-4-5-19-12(8)11(9)14(17-2,18-3)13(10)16/h4-6,8,10-12H,1-3H3/t8-,10+,11-,12-/m0/s1. The van der Waals surface area contributed by atoms with Crippen LogP contribution >= 0.6 is 0 Å². The number of hydrogen-bond acceptors (Lipinski definition) is 5. The van der Waals surface area contributed by atoms with Crippen LogP contribution in [0.1, 0.15) is 6.92 Å². The minimum Gasteiger partial charge on any atom is -0.497 e. The van der Waals surface area contributed by atoms with Crippen LogP contribution in [-0.4, -0.2) is 37.7 Å². The third-order valence-corrected chi connectivity index (χ3v) is 4.42. The molecule has 0 unspecified atom stereocenters. The Morgan fingerprint density at radius 3 is 2.63 bits per heavy atom. The molecule has 5 heteroatoms. The summed E-state index contributed by atoms with van der Waals surface area (Å²) in [5.74, 6) is -2.59. The van der Waals surface area contributed by atoms with E-state index in [0.29, 0.717) is 5.57 Å². The molecule has 1 saturated carbocycles. The average molecular weight is 264 g/mol. The number of methoxy groups -OCH3 is 2. The SMILES string of the molecule is COC1(OC)C(=O)[C@@H]2C=C(C(C)=O)[C@H]1[C@H]1OC=C[C@H]12. The third kappa shape index (κ3) is 1.37. The zero-order valence-electron chi connectivity index (χ0n) is 11.1. The molecule has 4 aliphatic rings. The van der Waals surface area contributed by atoms with Gasteiger partial charge in [-0.05, 0) is 13.0 Å². The predicted molar refractivity (Wildman–Crippen MR) is 65.0 cm³/mol. The molecule has 0 spiro atoms. The monoisotopic (exact) mass is 264 g/mol. The molecule has 4 rings (SSSR count). The molecule has 102 valence electrons. The average Bonchev–Trinajstić information content (AvgIpc) is 2.89. The van der Waals surface area contributed by atoms with Crippen molar-refractivity contribution in [3.05, 3.63) is 24.0 Å². The topological polar surface area (TPSA) is 61.8 Å². The van der Waals surface area contributed by atoms with E-state index >= 15 is 0 Å². The van der Waals surface area contributed by atoms with Crippen LogP contribution in [0, 0.1) is 17.8 Å². The van der Waals surface area contributed by atoms with Gasteiger partial charge in [-0.1, -0.05) is 6.08 Å². The van der Waals surface area contributed by atoms with Crippen LogP contribution < -0.4 is 0 Å². The molecule has 0 saturated heterocycles. The summed E-state index contributed by atoms with van der Waals surface area (Å²) in [5.41, 5.74) is 0.568. The lowest BCUT2D eigenvalue weighted by atomic mass is 9.59. The molecular formula is C14H16O5. The summed E-state index contributed by atoms with van der Waals surface area (Å²) < 4.78 is 16.4. The molecule has 2 bridgehead atoms. The van der Waals surface area contributed by atoms with Crippen molar-refractivity contribution in [1.82, 2.24) is 0 Å². The van der Waals surface area contributed by atoms with Gasteiger partial charge in [0.05, 0.1) is 18.1 Å². The molecule has 0 aromatic heterocycles. The molecule has 0 radical (unpaired) electrons. The molecule has 1 fully saturated rings. The Balaban J connectivity index is 2.17. The van der Waals surface area contributed by atoms with Crippen LogP contribution in [0.5, 0.6) is 0 Å². The molecular weight excluding hydrogens is 248 g/mol. The van der Waals surface area contributed by atoms with E-state index in [1.165, 1.54) is 21.1 Å². The molecule has 5 nitrogen and oxygen atoms in total. The summed E-state index contributed by atoms with van der Waals surface area (Å²) in [4.78, 5) is 24.4. The van der Waals surface area contributed by atoms with Crippen LogP contribution in [-0.2, 0) is 23.8 Å². The van der Waals surface area contributed by atoms with Gasteiger partial charge in [0, 0.05) is 25.7 Å². The fraction of sp³-hybridized carbons (Fsp3) is 0.571. The Labute approximate surface area is 111 Å². The number of carbonyl (C=O) groups excluding carboxylic acids is 2. The first kappa shape index (κ1) is 12.6. The number of allylic oxidation sites excluding steroid dienone is 1. The smallest absolute Gasteiger partial charge is 0.239 e. The molecule has 19 heavy (non-hydrogen) atoms. The van der Waals surface area contributed by atoms with E-state index in [2.05, 4.69) is 0 Å². The van der Waals surface area contributed by atoms with Crippen molar-refractivity contribution in [3.8, 4) is 0 Å². The summed E-state index contributed by atoms with van der Waals surface area (Å²) in [6, 6.07) is 0. The highest BCUT2D eigenvalue weighted by molar-refractivity contribution is 6.02. The van der Waals surface area contributed by atoms with Gasteiger partial charge in [0.15, 0.2) is 11.6 Å². The largest absolute Gasteiger partial charge is 0.497 e. The van der Waals surface area contributed by atoms with E-state index in [4.69, 9.17) is 14.2 Å². The molecule has 0 aromatic carbocycles. The minimum absolute atomic E-state index is 0.0287. The second-order valence-corrected chi connectivity index (χ2v) is 5.13. The van der Waals surface area contributed by atoms with Crippen molar-refractivity contribution in [1.29, 1.82) is 0 Å². The molecule has 3 aliphatic carbocycles. The van der Waals surface area contributed by atoms with Crippen molar-refractivity contribution in [3.63, 3.8) is 0 Å². The van der Waals surface area contributed by atoms with Gasteiger partial charge in [-0.15, -0.1) is 0 Å². The van der Waals surface area contributed by atoms with Crippen molar-refractivity contribution in [2.75, 3.05) is 14.2 Å². The van der Waals surface area contributed by atoms with Crippen molar-refractivity contribution in [2.45, 2.75) is 18.8 Å². The highest BCUT2D eigenvalue weighted by Crippen LogP contribution is 2.53. The van der Waals surface area contributed by atoms with Gasteiger partial charge in [0.1, 0.15) is 6.10 Å². The van der Waals surface area contributed by atoms with Crippen LogP contribution in [0.15, 0.2) is 24.0 Å². The van der Waals surface area contributed by atoms with Crippen LogP contribution in [0.25, 0.3) is 0 Å². The number of rotatable bonds is 3. The summed E-state index contributed by atoms with van der Waals surface area (Å²) in [6.45, 7) is 1.49. The molecule has 4 atom stereocenters. The van der Waals surface area contributed by atoms with Gasteiger partial charge in [-0.25, -0.2) is 0 Å². The van der Waals surface area contributed by atoms with Gasteiger partial charge in [0.25, 0.3) is 0 Å². The molecule has 0 aromatic rings. The first-order valence-electron chi connectivity index (χ1n) is 6.26. The van der Waals surface area contributed by atoms with E-state index in [1.807, 2.05) is 6.08 Å². The van der Waals surface area contributed by atoms with E-state index < -0.39 is 17.6 Å². The lowest BCUT2D eigenvalue weighted by Gasteiger charge is -2.51. The number of fused-ring (bicyclic) bond motifs is 1. The van der Waals surface area contributed by atoms with Crippen molar-refractivity contribution in [2.24, 2.45) is 17.8 Å². The second kappa shape index (κ2) is 4.02. The van der Waals surface area contributed by atoms with Gasteiger partial charge in [-0.2, -0.15) is 0 Å². The summed E-state index contributed by atoms with van der Waals surface area (Å²) in [5, 5.41) is 0. The lowest BCUT2D eigenvalue weighted by molar-refractivity contribution is -0.255. The molecule has 1 heterocycles. The summed E-state index contributed by atoms with van der Waals surface area (Å²) in [6.07, 6.45) is 4.96. The number of Topliss-reactive ketones (excluding diaryl/α,β-unsaturated/α-hetero) is 2. The summed E-state index contributed by atoms with van der Waals surface area (Å²) in [7, 11) is 2.86. The summed E-state index contributed by atoms with van der Waals surface area (Å²) >= 11 is 0. The van der Waals surface area contributed by atoms with Crippen molar-refractivity contribution >= 4 is 11.6 Å².